The maximum absolute atomic E-state index is 11.8. The van der Waals surface area contributed by atoms with Crippen LogP contribution in [-0.4, -0.2) is 43.5 Å². The fraction of sp³-hybridized carbons (Fsp3) is 0.455. The highest BCUT2D eigenvalue weighted by Crippen LogP contribution is 1.96. The van der Waals surface area contributed by atoms with Crippen LogP contribution in [0.15, 0.2) is 24.9 Å². The number of aromatic nitrogens is 5. The summed E-state index contributed by atoms with van der Waals surface area (Å²) in [6.07, 6.45) is 7.51. The first-order chi connectivity index (χ1) is 9.29. The molecule has 0 unspecified atom stereocenters. The molecule has 0 aromatic carbocycles. The van der Waals surface area contributed by atoms with Crippen LogP contribution < -0.4 is 11.1 Å². The van der Waals surface area contributed by atoms with E-state index >= 15 is 0 Å². The molecular formula is C11H17N7O. The van der Waals surface area contributed by atoms with Crippen LogP contribution >= 0.6 is 0 Å². The average molecular weight is 263 g/mol. The van der Waals surface area contributed by atoms with Gasteiger partial charge in [0.1, 0.15) is 5.69 Å². The summed E-state index contributed by atoms with van der Waals surface area (Å²) in [7, 11) is 0. The second-order valence-corrected chi connectivity index (χ2v) is 4.06. The average Bonchev–Trinajstić information content (AvgIpc) is 3.06. The van der Waals surface area contributed by atoms with E-state index in [0.29, 0.717) is 25.3 Å². The Morgan fingerprint density at radius 3 is 3.05 bits per heavy atom. The molecule has 0 spiro atoms. The lowest BCUT2D eigenvalue weighted by atomic mass is 10.4. The van der Waals surface area contributed by atoms with Crippen molar-refractivity contribution in [1.29, 1.82) is 0 Å². The Morgan fingerprint density at radius 1 is 1.42 bits per heavy atom. The monoisotopic (exact) mass is 263 g/mol. The van der Waals surface area contributed by atoms with E-state index in [9.17, 15) is 4.79 Å². The summed E-state index contributed by atoms with van der Waals surface area (Å²) in [5, 5.41) is 10.4. The molecule has 2 aromatic heterocycles. The lowest BCUT2D eigenvalue weighted by Crippen LogP contribution is -2.25. The van der Waals surface area contributed by atoms with Crippen molar-refractivity contribution in [2.45, 2.75) is 19.5 Å². The normalized spacial score (nSPS) is 10.6. The summed E-state index contributed by atoms with van der Waals surface area (Å²) >= 11 is 0. The van der Waals surface area contributed by atoms with E-state index in [2.05, 4.69) is 20.6 Å². The van der Waals surface area contributed by atoms with Gasteiger partial charge in [-0.15, -0.1) is 5.10 Å². The number of carbonyl (C=O) groups excluding carboxylic acids is 1. The maximum Gasteiger partial charge on any atom is 0.271 e. The topological polar surface area (TPSA) is 104 Å². The van der Waals surface area contributed by atoms with Crippen LogP contribution in [0.25, 0.3) is 0 Å². The summed E-state index contributed by atoms with van der Waals surface area (Å²) in [6.45, 7) is 2.48. The van der Waals surface area contributed by atoms with Crippen molar-refractivity contribution in [3.63, 3.8) is 0 Å². The van der Waals surface area contributed by atoms with Gasteiger partial charge in [-0.2, -0.15) is 0 Å². The van der Waals surface area contributed by atoms with Crippen molar-refractivity contribution < 1.29 is 4.79 Å². The van der Waals surface area contributed by atoms with Crippen molar-refractivity contribution in [2.75, 3.05) is 13.1 Å². The highest BCUT2D eigenvalue weighted by molar-refractivity contribution is 5.91. The zero-order valence-electron chi connectivity index (χ0n) is 10.6. The molecule has 102 valence electrons. The van der Waals surface area contributed by atoms with Gasteiger partial charge in [0.05, 0.1) is 12.5 Å². The minimum atomic E-state index is -0.172. The molecule has 0 atom stereocenters. The standard InChI is InChI=1S/C11H17N7O/c12-2-6-17-8-10(14-9-17)11(19)13-3-1-5-18-7-4-15-16-18/h4,7-9H,1-3,5-6,12H2,(H,13,19). The van der Waals surface area contributed by atoms with Crippen LogP contribution in [0.5, 0.6) is 0 Å². The van der Waals surface area contributed by atoms with Gasteiger partial charge in [0.2, 0.25) is 0 Å². The summed E-state index contributed by atoms with van der Waals surface area (Å²) in [6, 6.07) is 0. The predicted octanol–water partition coefficient (Wildman–Crippen LogP) is -0.747. The quantitative estimate of drug-likeness (QED) is 0.640. The van der Waals surface area contributed by atoms with E-state index in [0.717, 1.165) is 13.0 Å². The SMILES string of the molecule is NCCn1cnc(C(=O)NCCCn2ccnn2)c1. The van der Waals surface area contributed by atoms with Gasteiger partial charge in [0.15, 0.2) is 0 Å². The number of nitrogens with one attached hydrogen (secondary N) is 1. The molecule has 8 heteroatoms. The van der Waals surface area contributed by atoms with E-state index < -0.39 is 0 Å². The molecule has 2 rings (SSSR count). The number of nitrogens with zero attached hydrogens (tertiary/aromatic N) is 5. The number of aryl methyl sites for hydroxylation is 1. The second kappa shape index (κ2) is 6.64. The van der Waals surface area contributed by atoms with E-state index in [1.165, 1.54) is 0 Å². The van der Waals surface area contributed by atoms with Gasteiger partial charge in [-0.1, -0.05) is 5.21 Å². The van der Waals surface area contributed by atoms with Gasteiger partial charge >= 0.3 is 0 Å². The maximum atomic E-state index is 11.8. The summed E-state index contributed by atoms with van der Waals surface area (Å²) in [5.74, 6) is -0.172. The molecule has 0 fully saturated rings. The number of carbonyl (C=O) groups is 1. The van der Waals surface area contributed by atoms with Crippen molar-refractivity contribution in [2.24, 2.45) is 5.73 Å². The molecule has 0 aliphatic rings. The lowest BCUT2D eigenvalue weighted by Gasteiger charge is -2.03. The number of amides is 1. The van der Waals surface area contributed by atoms with Gasteiger partial charge < -0.3 is 15.6 Å². The van der Waals surface area contributed by atoms with E-state index in [1.54, 1.807) is 34.2 Å². The molecule has 1 amide bonds. The van der Waals surface area contributed by atoms with E-state index in [1.807, 2.05) is 0 Å². The van der Waals surface area contributed by atoms with E-state index in [-0.39, 0.29) is 5.91 Å². The number of hydrogen-bond acceptors (Lipinski definition) is 5. The lowest BCUT2D eigenvalue weighted by molar-refractivity contribution is 0.0948. The fourth-order valence-electron chi connectivity index (χ4n) is 1.63. The van der Waals surface area contributed by atoms with Gasteiger partial charge in [-0.25, -0.2) is 4.98 Å². The third-order valence-corrected chi connectivity index (χ3v) is 2.57. The first-order valence-corrected chi connectivity index (χ1v) is 6.13. The predicted molar refractivity (Wildman–Crippen MR) is 68.3 cm³/mol. The molecule has 0 radical (unpaired) electrons. The third-order valence-electron chi connectivity index (χ3n) is 2.57. The largest absolute Gasteiger partial charge is 0.351 e. The van der Waals surface area contributed by atoms with Gasteiger partial charge in [0, 0.05) is 38.6 Å². The Labute approximate surface area is 110 Å². The first kappa shape index (κ1) is 13.2. The van der Waals surface area contributed by atoms with Gasteiger partial charge in [0.25, 0.3) is 5.91 Å². The van der Waals surface area contributed by atoms with Crippen LogP contribution in [0.1, 0.15) is 16.9 Å². The minimum absolute atomic E-state index is 0.172. The Balaban J connectivity index is 1.71. The minimum Gasteiger partial charge on any atom is -0.351 e. The zero-order valence-corrected chi connectivity index (χ0v) is 10.6. The fourth-order valence-corrected chi connectivity index (χ4v) is 1.63. The molecule has 2 heterocycles. The zero-order chi connectivity index (χ0) is 13.5. The van der Waals surface area contributed by atoms with Crippen LogP contribution in [0.4, 0.5) is 0 Å². The van der Waals surface area contributed by atoms with Crippen molar-refractivity contribution in [1.82, 2.24) is 29.9 Å². The van der Waals surface area contributed by atoms with Crippen molar-refractivity contribution in [3.8, 4) is 0 Å². The molecule has 0 aliphatic carbocycles. The van der Waals surface area contributed by atoms with Crippen LogP contribution in [-0.2, 0) is 13.1 Å². The molecule has 0 saturated carbocycles. The summed E-state index contributed by atoms with van der Waals surface area (Å²) < 4.78 is 3.52. The van der Waals surface area contributed by atoms with E-state index in [4.69, 9.17) is 5.73 Å². The Morgan fingerprint density at radius 2 is 2.32 bits per heavy atom. The van der Waals surface area contributed by atoms with Crippen LogP contribution in [0, 0.1) is 0 Å². The molecule has 0 saturated heterocycles. The summed E-state index contributed by atoms with van der Waals surface area (Å²) in [4.78, 5) is 15.8. The smallest absolute Gasteiger partial charge is 0.271 e. The molecular weight excluding hydrogens is 246 g/mol. The molecule has 0 aliphatic heterocycles. The molecule has 8 nitrogen and oxygen atoms in total. The molecule has 2 aromatic rings. The highest BCUT2D eigenvalue weighted by Gasteiger charge is 2.08. The number of imidazole rings is 1. The van der Waals surface area contributed by atoms with Gasteiger partial charge in [-0.3, -0.25) is 9.48 Å². The third kappa shape index (κ3) is 3.88. The second-order valence-electron chi connectivity index (χ2n) is 4.06. The van der Waals surface area contributed by atoms with Crippen LogP contribution in [0.3, 0.4) is 0 Å². The summed E-state index contributed by atoms with van der Waals surface area (Å²) in [5.41, 5.74) is 5.84. The van der Waals surface area contributed by atoms with Crippen molar-refractivity contribution >= 4 is 5.91 Å². The van der Waals surface area contributed by atoms with Gasteiger partial charge in [-0.05, 0) is 6.42 Å². The molecule has 19 heavy (non-hydrogen) atoms. The Hall–Kier alpha value is -2.22. The Kier molecular flexibility index (Phi) is 4.62. The van der Waals surface area contributed by atoms with Crippen LogP contribution in [0.2, 0.25) is 0 Å². The molecule has 3 N–H and O–H groups in total. The Bertz CT molecular complexity index is 505. The highest BCUT2D eigenvalue weighted by atomic mass is 16.1. The number of nitrogens with two attached hydrogens (primary N) is 1. The van der Waals surface area contributed by atoms with Crippen molar-refractivity contribution in [3.05, 3.63) is 30.6 Å². The molecule has 0 bridgehead atoms. The number of rotatable bonds is 7. The first-order valence-electron chi connectivity index (χ1n) is 6.13. The number of hydrogen-bond donors (Lipinski definition) is 2.